The van der Waals surface area contributed by atoms with E-state index in [-0.39, 0.29) is 24.1 Å². The predicted molar refractivity (Wildman–Crippen MR) is 113 cm³/mol. The van der Waals surface area contributed by atoms with Crippen molar-refractivity contribution >= 4 is 29.7 Å². The molecule has 0 radical (unpaired) electrons. The van der Waals surface area contributed by atoms with Crippen molar-refractivity contribution in [3.63, 3.8) is 0 Å². The monoisotopic (exact) mass is 407 g/mol. The van der Waals surface area contributed by atoms with Gasteiger partial charge in [0, 0.05) is 39.1 Å². The molecule has 1 N–H and O–H groups in total. The summed E-state index contributed by atoms with van der Waals surface area (Å²) in [5.74, 6) is 0.445. The van der Waals surface area contributed by atoms with Crippen LogP contribution in [0.15, 0.2) is 42.5 Å². The van der Waals surface area contributed by atoms with Crippen LogP contribution in [0.5, 0.6) is 5.75 Å². The van der Waals surface area contributed by atoms with Crippen LogP contribution in [-0.2, 0) is 4.79 Å². The number of piperazine rings is 1. The van der Waals surface area contributed by atoms with E-state index in [9.17, 15) is 9.18 Å². The standard InChI is InChI=1S/C21H26FN3O2.ClH/c1-16-7-8-20(27-2)18(15-16)23-21(26)9-10-24-11-13-25(14-12-24)19-6-4-3-5-17(19)22;/h3-8,15H,9-14H2,1-2H3,(H,23,26);1H. The van der Waals surface area contributed by atoms with E-state index in [2.05, 4.69) is 15.1 Å². The number of hydrogen-bond donors (Lipinski definition) is 1. The van der Waals surface area contributed by atoms with Gasteiger partial charge in [-0.2, -0.15) is 0 Å². The van der Waals surface area contributed by atoms with E-state index < -0.39 is 0 Å². The normalized spacial score (nSPS) is 14.3. The summed E-state index contributed by atoms with van der Waals surface area (Å²) in [6.45, 7) is 5.81. The van der Waals surface area contributed by atoms with Gasteiger partial charge in [-0.05, 0) is 36.8 Å². The first-order valence-corrected chi connectivity index (χ1v) is 9.23. The number of carbonyl (C=O) groups excluding carboxylic acids is 1. The van der Waals surface area contributed by atoms with Crippen molar-refractivity contribution < 1.29 is 13.9 Å². The Morgan fingerprint density at radius 2 is 1.86 bits per heavy atom. The number of amides is 1. The van der Waals surface area contributed by atoms with Gasteiger partial charge in [-0.25, -0.2) is 4.39 Å². The van der Waals surface area contributed by atoms with Crippen LogP contribution in [0.1, 0.15) is 12.0 Å². The van der Waals surface area contributed by atoms with Gasteiger partial charge in [0.25, 0.3) is 0 Å². The van der Waals surface area contributed by atoms with E-state index in [1.807, 2.05) is 37.3 Å². The molecule has 5 nitrogen and oxygen atoms in total. The second-order valence-electron chi connectivity index (χ2n) is 6.78. The zero-order valence-electron chi connectivity index (χ0n) is 16.3. The fourth-order valence-corrected chi connectivity index (χ4v) is 3.31. The molecule has 0 atom stereocenters. The molecule has 3 rings (SSSR count). The number of nitrogens with zero attached hydrogens (tertiary/aromatic N) is 2. The Bertz CT molecular complexity index is 795. The summed E-state index contributed by atoms with van der Waals surface area (Å²) in [5.41, 5.74) is 2.42. The molecule has 2 aromatic rings. The molecule has 0 unspecified atom stereocenters. The number of nitrogens with one attached hydrogen (secondary N) is 1. The van der Waals surface area contributed by atoms with E-state index in [4.69, 9.17) is 4.74 Å². The number of hydrogen-bond acceptors (Lipinski definition) is 4. The van der Waals surface area contributed by atoms with Gasteiger partial charge in [-0.1, -0.05) is 18.2 Å². The molecule has 1 aliphatic rings. The summed E-state index contributed by atoms with van der Waals surface area (Å²) < 4.78 is 19.2. The highest BCUT2D eigenvalue weighted by molar-refractivity contribution is 5.92. The number of carbonyl (C=O) groups is 1. The van der Waals surface area contributed by atoms with Crippen molar-refractivity contribution in [2.45, 2.75) is 13.3 Å². The number of methoxy groups -OCH3 is 1. The van der Waals surface area contributed by atoms with Gasteiger partial charge in [-0.3, -0.25) is 9.69 Å². The second kappa shape index (κ2) is 10.3. The van der Waals surface area contributed by atoms with E-state index in [1.54, 1.807) is 13.2 Å². The van der Waals surface area contributed by atoms with Gasteiger partial charge >= 0.3 is 0 Å². The van der Waals surface area contributed by atoms with E-state index in [1.165, 1.54) is 6.07 Å². The van der Waals surface area contributed by atoms with Crippen molar-refractivity contribution in [3.8, 4) is 5.75 Å². The summed E-state index contributed by atoms with van der Waals surface area (Å²) in [5, 5.41) is 2.93. The number of rotatable bonds is 6. The molecule has 1 fully saturated rings. The number of anilines is 2. The lowest BCUT2D eigenvalue weighted by Gasteiger charge is -2.36. The highest BCUT2D eigenvalue weighted by Gasteiger charge is 2.19. The van der Waals surface area contributed by atoms with Crippen molar-refractivity contribution in [2.24, 2.45) is 0 Å². The third-order valence-electron chi connectivity index (χ3n) is 4.85. The highest BCUT2D eigenvalue weighted by Crippen LogP contribution is 2.25. The summed E-state index contributed by atoms with van der Waals surface area (Å²) in [6.07, 6.45) is 0.413. The van der Waals surface area contributed by atoms with Gasteiger partial charge in [-0.15, -0.1) is 12.4 Å². The molecule has 2 aromatic carbocycles. The Balaban J connectivity index is 0.00000280. The van der Waals surface area contributed by atoms with Crippen LogP contribution >= 0.6 is 12.4 Å². The Morgan fingerprint density at radius 3 is 2.54 bits per heavy atom. The number of aryl methyl sites for hydroxylation is 1. The lowest BCUT2D eigenvalue weighted by Crippen LogP contribution is -2.47. The van der Waals surface area contributed by atoms with Gasteiger partial charge in [0.2, 0.25) is 5.91 Å². The van der Waals surface area contributed by atoms with E-state index in [0.717, 1.165) is 31.7 Å². The quantitative estimate of drug-likeness (QED) is 0.792. The minimum absolute atomic E-state index is 0. The van der Waals surface area contributed by atoms with Crippen LogP contribution in [0.3, 0.4) is 0 Å². The zero-order valence-corrected chi connectivity index (χ0v) is 17.1. The molecule has 0 aromatic heterocycles. The van der Waals surface area contributed by atoms with Crippen molar-refractivity contribution in [2.75, 3.05) is 50.1 Å². The minimum Gasteiger partial charge on any atom is -0.495 e. The Labute approximate surface area is 171 Å². The molecule has 0 spiro atoms. The number of halogens is 2. The smallest absolute Gasteiger partial charge is 0.225 e. The minimum atomic E-state index is -0.183. The Hall–Kier alpha value is -2.31. The Morgan fingerprint density at radius 1 is 1.14 bits per heavy atom. The molecule has 28 heavy (non-hydrogen) atoms. The fraction of sp³-hybridized carbons (Fsp3) is 0.381. The zero-order chi connectivity index (χ0) is 19.2. The van der Waals surface area contributed by atoms with Crippen LogP contribution < -0.4 is 15.0 Å². The van der Waals surface area contributed by atoms with Gasteiger partial charge in [0.05, 0.1) is 18.5 Å². The summed E-state index contributed by atoms with van der Waals surface area (Å²) in [6, 6.07) is 12.6. The molecule has 1 heterocycles. The summed E-state index contributed by atoms with van der Waals surface area (Å²) in [7, 11) is 1.59. The first-order valence-electron chi connectivity index (χ1n) is 9.23. The largest absolute Gasteiger partial charge is 0.495 e. The molecule has 1 aliphatic heterocycles. The molecule has 0 bridgehead atoms. The topological polar surface area (TPSA) is 44.8 Å². The van der Waals surface area contributed by atoms with Crippen LogP contribution in [0.25, 0.3) is 0 Å². The van der Waals surface area contributed by atoms with Crippen LogP contribution in [0, 0.1) is 12.7 Å². The van der Waals surface area contributed by atoms with Crippen molar-refractivity contribution in [1.82, 2.24) is 4.90 Å². The number of ether oxygens (including phenoxy) is 1. The average molecular weight is 408 g/mol. The van der Waals surface area contributed by atoms with Crippen molar-refractivity contribution in [3.05, 3.63) is 53.8 Å². The number of para-hydroxylation sites is 1. The Kier molecular flexibility index (Phi) is 8.08. The lowest BCUT2D eigenvalue weighted by atomic mass is 10.2. The van der Waals surface area contributed by atoms with Gasteiger partial charge < -0.3 is 15.0 Å². The number of benzene rings is 2. The van der Waals surface area contributed by atoms with Gasteiger partial charge in [0.1, 0.15) is 11.6 Å². The van der Waals surface area contributed by atoms with E-state index >= 15 is 0 Å². The summed E-state index contributed by atoms with van der Waals surface area (Å²) >= 11 is 0. The molecule has 7 heteroatoms. The van der Waals surface area contributed by atoms with Crippen molar-refractivity contribution in [1.29, 1.82) is 0 Å². The maximum absolute atomic E-state index is 13.9. The summed E-state index contributed by atoms with van der Waals surface area (Å²) in [4.78, 5) is 16.6. The molecule has 1 amide bonds. The molecule has 1 saturated heterocycles. The molecule has 0 saturated carbocycles. The molecular formula is C21H27ClFN3O2. The predicted octanol–water partition coefficient (Wildman–Crippen LogP) is 3.72. The van der Waals surface area contributed by atoms with Crippen LogP contribution in [-0.4, -0.2) is 50.6 Å². The SMILES string of the molecule is COc1ccc(C)cc1NC(=O)CCN1CCN(c2ccccc2F)CC1.Cl. The van der Waals surface area contributed by atoms with Crippen LogP contribution in [0.4, 0.5) is 15.8 Å². The van der Waals surface area contributed by atoms with Gasteiger partial charge in [0.15, 0.2) is 0 Å². The first kappa shape index (κ1) is 22.0. The maximum atomic E-state index is 13.9. The van der Waals surface area contributed by atoms with Crippen LogP contribution in [0.2, 0.25) is 0 Å². The maximum Gasteiger partial charge on any atom is 0.225 e. The first-order chi connectivity index (χ1) is 13.1. The fourth-order valence-electron chi connectivity index (χ4n) is 3.31. The second-order valence-corrected chi connectivity index (χ2v) is 6.78. The molecular weight excluding hydrogens is 381 g/mol. The average Bonchev–Trinajstić information content (AvgIpc) is 2.67. The highest BCUT2D eigenvalue weighted by atomic mass is 35.5. The molecule has 0 aliphatic carbocycles. The van der Waals surface area contributed by atoms with E-state index in [0.29, 0.717) is 30.1 Å². The third-order valence-corrected chi connectivity index (χ3v) is 4.85. The lowest BCUT2D eigenvalue weighted by molar-refractivity contribution is -0.116. The molecule has 152 valence electrons. The third kappa shape index (κ3) is 5.59.